The van der Waals surface area contributed by atoms with Gasteiger partial charge in [-0.3, -0.25) is 9.59 Å². The number of thioether (sulfide) groups is 1. The molecule has 2 aliphatic heterocycles. The lowest BCUT2D eigenvalue weighted by Gasteiger charge is -2.19. The van der Waals surface area contributed by atoms with Crippen LogP contribution in [0.1, 0.15) is 114 Å². The molecule has 0 bridgehead atoms. The van der Waals surface area contributed by atoms with Crippen LogP contribution in [0.3, 0.4) is 0 Å². The van der Waals surface area contributed by atoms with E-state index >= 15 is 0 Å². The molecule has 12 heteroatoms. The maximum absolute atomic E-state index is 13.2. The number of urea groups is 1. The average Bonchev–Trinajstić information content (AvgIpc) is 3.87. The maximum Gasteiger partial charge on any atom is 0.407 e. The highest BCUT2D eigenvalue weighted by Crippen LogP contribution is 2.44. The minimum Gasteiger partial charge on any atom is -0.449 e. The van der Waals surface area contributed by atoms with E-state index in [9.17, 15) is 19.2 Å². The van der Waals surface area contributed by atoms with Gasteiger partial charge in [-0.1, -0.05) is 81.1 Å². The smallest absolute Gasteiger partial charge is 0.407 e. The van der Waals surface area contributed by atoms with Crippen molar-refractivity contribution in [3.63, 3.8) is 0 Å². The van der Waals surface area contributed by atoms with Crippen molar-refractivity contribution in [2.24, 2.45) is 0 Å². The van der Waals surface area contributed by atoms with Crippen LogP contribution in [-0.2, 0) is 28.5 Å². The van der Waals surface area contributed by atoms with E-state index in [4.69, 9.17) is 18.9 Å². The molecule has 2 fully saturated rings. The quantitative estimate of drug-likeness (QED) is 0.0558. The number of carbonyl (C=O) groups excluding carboxylic acids is 4. The minimum absolute atomic E-state index is 0.0271. The van der Waals surface area contributed by atoms with Gasteiger partial charge in [0, 0.05) is 49.4 Å². The van der Waals surface area contributed by atoms with Gasteiger partial charge in [0.1, 0.15) is 12.4 Å². The SMILES string of the molecule is CCCCC[C@H](NC(=O)OCC1c2ccccc2-c2ccccc21)C(=O)CCCCOCCOCCOCCCCC(=O)CCCC[C@@H]1SC[C@@H]2NC(=O)N[C@@H]21. The molecule has 56 heavy (non-hydrogen) atoms. The van der Waals surface area contributed by atoms with Crippen molar-refractivity contribution in [3.05, 3.63) is 59.7 Å². The standard InChI is InChI=1S/C44H63N3O8S/c1-2-3-4-21-38(46-44(51)55-30-37-35-19-8-6-17-33(35)34-18-7-9-20-36(34)37)40(49)22-12-14-25-53-27-29-54-28-26-52-24-13-11-16-32(48)15-5-10-23-41-42-39(31-56-41)45-43(50)47-42/h6-9,17-20,37-39,41-42H,2-5,10-16,21-31H2,1H3,(H,46,51)(H2,45,47,50)/t38-,39-,41-,42-/m0/s1. The fourth-order valence-electron chi connectivity index (χ4n) is 7.88. The average molecular weight is 794 g/mol. The normalized spacial score (nSPS) is 18.8. The van der Waals surface area contributed by atoms with Crippen molar-refractivity contribution >= 4 is 35.5 Å². The fraction of sp³-hybridized carbons (Fsp3) is 0.636. The lowest BCUT2D eigenvalue weighted by molar-refractivity contribution is -0.121. The van der Waals surface area contributed by atoms with Gasteiger partial charge in [0.25, 0.3) is 0 Å². The molecule has 2 aromatic carbocycles. The number of Topliss-reactive ketones (excluding diaryl/α,β-unsaturated/α-hetero) is 2. The summed E-state index contributed by atoms with van der Waals surface area (Å²) in [7, 11) is 0. The van der Waals surface area contributed by atoms with E-state index in [0.717, 1.165) is 74.7 Å². The number of unbranched alkanes of at least 4 members (excludes halogenated alkanes) is 5. The number of ether oxygens (including phenoxy) is 4. The summed E-state index contributed by atoms with van der Waals surface area (Å²) in [4.78, 5) is 49.9. The van der Waals surface area contributed by atoms with Crippen LogP contribution < -0.4 is 16.0 Å². The Labute approximate surface area is 337 Å². The molecule has 4 atom stereocenters. The molecule has 0 spiro atoms. The summed E-state index contributed by atoms with van der Waals surface area (Å²) in [6, 6.07) is 16.4. The Morgan fingerprint density at radius 2 is 1.36 bits per heavy atom. The van der Waals surface area contributed by atoms with E-state index in [0.29, 0.717) is 82.8 Å². The zero-order chi connectivity index (χ0) is 39.4. The summed E-state index contributed by atoms with van der Waals surface area (Å²) in [6.45, 7) is 5.47. The van der Waals surface area contributed by atoms with Crippen molar-refractivity contribution in [2.45, 2.75) is 126 Å². The van der Waals surface area contributed by atoms with Crippen LogP contribution in [0, 0.1) is 0 Å². The molecule has 3 aliphatic rings. The molecule has 3 amide bonds. The number of benzene rings is 2. The zero-order valence-electron chi connectivity index (χ0n) is 33.2. The van der Waals surface area contributed by atoms with Crippen LogP contribution in [-0.4, -0.2) is 99.1 Å². The van der Waals surface area contributed by atoms with Gasteiger partial charge < -0.3 is 34.9 Å². The summed E-state index contributed by atoms with van der Waals surface area (Å²) in [5.41, 5.74) is 4.67. The molecule has 0 radical (unpaired) electrons. The number of nitrogens with one attached hydrogen (secondary N) is 3. The lowest BCUT2D eigenvalue weighted by atomic mass is 9.98. The first-order valence-corrected chi connectivity index (χ1v) is 22.1. The summed E-state index contributed by atoms with van der Waals surface area (Å²) >= 11 is 1.92. The van der Waals surface area contributed by atoms with Gasteiger partial charge in [-0.15, -0.1) is 0 Å². The molecule has 0 aromatic heterocycles. The summed E-state index contributed by atoms with van der Waals surface area (Å²) in [5, 5.41) is 9.33. The predicted octanol–water partition coefficient (Wildman–Crippen LogP) is 7.73. The van der Waals surface area contributed by atoms with Gasteiger partial charge in [0.15, 0.2) is 5.78 Å². The van der Waals surface area contributed by atoms with Gasteiger partial charge in [-0.25, -0.2) is 9.59 Å². The number of rotatable bonds is 29. The molecule has 2 saturated heterocycles. The number of hydrogen-bond donors (Lipinski definition) is 3. The number of alkyl carbamates (subject to hydrolysis) is 1. The van der Waals surface area contributed by atoms with Gasteiger partial charge >= 0.3 is 12.1 Å². The van der Waals surface area contributed by atoms with Gasteiger partial charge in [-0.05, 0) is 67.2 Å². The predicted molar refractivity (Wildman–Crippen MR) is 220 cm³/mol. The van der Waals surface area contributed by atoms with Gasteiger partial charge in [-0.2, -0.15) is 11.8 Å². The molecule has 2 heterocycles. The molecule has 5 rings (SSSR count). The number of ketones is 2. The van der Waals surface area contributed by atoms with Crippen LogP contribution in [0.4, 0.5) is 9.59 Å². The Morgan fingerprint density at radius 3 is 2.02 bits per heavy atom. The van der Waals surface area contributed by atoms with Gasteiger partial charge in [0.2, 0.25) is 0 Å². The highest BCUT2D eigenvalue weighted by Gasteiger charge is 2.42. The van der Waals surface area contributed by atoms with Gasteiger partial charge in [0.05, 0.1) is 44.6 Å². The number of fused-ring (bicyclic) bond motifs is 4. The molecule has 3 N–H and O–H groups in total. The van der Waals surface area contributed by atoms with Crippen molar-refractivity contribution < 1.29 is 38.1 Å². The van der Waals surface area contributed by atoms with Crippen molar-refractivity contribution in [2.75, 3.05) is 52.0 Å². The lowest BCUT2D eigenvalue weighted by Crippen LogP contribution is -2.41. The molecule has 0 saturated carbocycles. The number of hydrogen-bond acceptors (Lipinski definition) is 9. The summed E-state index contributed by atoms with van der Waals surface area (Å²) in [6.07, 6.45) is 10.7. The third kappa shape index (κ3) is 13.9. The van der Waals surface area contributed by atoms with Crippen molar-refractivity contribution in [1.29, 1.82) is 0 Å². The van der Waals surface area contributed by atoms with Crippen LogP contribution >= 0.6 is 11.8 Å². The fourth-order valence-corrected chi connectivity index (χ4v) is 9.42. The maximum atomic E-state index is 13.2. The largest absolute Gasteiger partial charge is 0.449 e. The van der Waals surface area contributed by atoms with E-state index in [1.165, 1.54) is 11.1 Å². The number of amides is 3. The van der Waals surface area contributed by atoms with Crippen LogP contribution in [0.25, 0.3) is 11.1 Å². The Bertz CT molecular complexity index is 1500. The molecule has 1 aliphatic carbocycles. The zero-order valence-corrected chi connectivity index (χ0v) is 34.1. The highest BCUT2D eigenvalue weighted by molar-refractivity contribution is 8.00. The van der Waals surface area contributed by atoms with Crippen LogP contribution in [0.2, 0.25) is 0 Å². The van der Waals surface area contributed by atoms with E-state index in [1.807, 2.05) is 36.0 Å². The Hall–Kier alpha value is -3.45. The third-order valence-electron chi connectivity index (χ3n) is 11.0. The molecule has 308 valence electrons. The first kappa shape index (κ1) is 43.7. The van der Waals surface area contributed by atoms with Crippen LogP contribution in [0.15, 0.2) is 48.5 Å². The second-order valence-corrected chi connectivity index (χ2v) is 16.4. The molecular weight excluding hydrogens is 731 g/mol. The minimum atomic E-state index is -0.552. The number of carbonyl (C=O) groups is 4. The first-order chi connectivity index (χ1) is 27.4. The second-order valence-electron chi connectivity index (χ2n) is 15.1. The van der Waals surface area contributed by atoms with E-state index in [1.54, 1.807) is 0 Å². The highest BCUT2D eigenvalue weighted by atomic mass is 32.2. The molecule has 0 unspecified atom stereocenters. The third-order valence-corrected chi connectivity index (χ3v) is 12.5. The summed E-state index contributed by atoms with van der Waals surface area (Å²) in [5.74, 6) is 1.30. The van der Waals surface area contributed by atoms with Crippen molar-refractivity contribution in [1.82, 2.24) is 16.0 Å². The Balaban J connectivity index is 0.825. The van der Waals surface area contributed by atoms with E-state index in [2.05, 4.69) is 47.1 Å². The van der Waals surface area contributed by atoms with E-state index < -0.39 is 12.1 Å². The first-order valence-electron chi connectivity index (χ1n) is 21.0. The Kier molecular flexibility index (Phi) is 19.0. The van der Waals surface area contributed by atoms with E-state index in [-0.39, 0.29) is 36.4 Å². The van der Waals surface area contributed by atoms with Crippen LogP contribution in [0.5, 0.6) is 0 Å². The Morgan fingerprint density at radius 1 is 0.750 bits per heavy atom. The molecular formula is C44H63N3O8S. The summed E-state index contributed by atoms with van der Waals surface area (Å²) < 4.78 is 22.7. The molecule has 2 aromatic rings. The van der Waals surface area contributed by atoms with Crippen molar-refractivity contribution in [3.8, 4) is 11.1 Å². The topological polar surface area (TPSA) is 141 Å². The second kappa shape index (κ2) is 24.4. The molecule has 11 nitrogen and oxygen atoms in total. The monoisotopic (exact) mass is 793 g/mol.